The summed E-state index contributed by atoms with van der Waals surface area (Å²) in [6, 6.07) is 5.61. The van der Waals surface area contributed by atoms with Crippen LogP contribution in [-0.2, 0) is 20.4 Å². The van der Waals surface area contributed by atoms with E-state index in [9.17, 15) is 0 Å². The summed E-state index contributed by atoms with van der Waals surface area (Å²) in [5, 5.41) is 0. The predicted molar refractivity (Wildman–Crippen MR) is 89.7 cm³/mol. The molecule has 0 saturated heterocycles. The number of hydrogen-bond acceptors (Lipinski definition) is 6. The summed E-state index contributed by atoms with van der Waals surface area (Å²) in [5.74, 6) is 2.35. The molecule has 5 rings (SSSR count). The van der Waals surface area contributed by atoms with E-state index < -0.39 is 0 Å². The van der Waals surface area contributed by atoms with E-state index in [-0.39, 0.29) is 0 Å². The van der Waals surface area contributed by atoms with Crippen molar-refractivity contribution in [1.29, 1.82) is 0 Å². The zero-order valence-electron chi connectivity index (χ0n) is 12.7. The Bertz CT molecular complexity index is 1220. The Morgan fingerprint density at radius 1 is 0.600 bits per heavy atom. The summed E-state index contributed by atoms with van der Waals surface area (Å²) >= 11 is 1.97. The molecular weight excluding hydrogens is 352 g/mol. The van der Waals surface area contributed by atoms with Gasteiger partial charge in [-0.1, -0.05) is 0 Å². The summed E-state index contributed by atoms with van der Waals surface area (Å²) in [4.78, 5) is 33.1. The number of nitrogens with one attached hydrogen (secondary N) is 2. The van der Waals surface area contributed by atoms with Crippen LogP contribution in [0.25, 0.3) is 46.9 Å². The molecule has 117 valence electrons. The average molecular weight is 361 g/mol. The molecule has 3 aromatic rings. The van der Waals surface area contributed by atoms with Crippen LogP contribution in [0.4, 0.5) is 0 Å². The summed E-state index contributed by atoms with van der Waals surface area (Å²) in [7, 11) is 0. The van der Waals surface area contributed by atoms with Gasteiger partial charge >= 0.3 is 153 Å². The summed E-state index contributed by atoms with van der Waals surface area (Å²) in [5.41, 5.74) is 2.75. The number of H-pyrrole nitrogens is 2. The number of nitrogens with zero attached hydrogens (tertiary/aromatic N) is 6. The molecule has 3 aromatic heterocycles. The standard InChI is InChI=1S/C16H9N8.Ti/c1-2-10-17-9(1)21-11-3-4-13(18-11)23-15-7-8-16(20-15)24-14-6-5-12(19-14)22-10;/h1-7H,(H2,17,18,19,20,21,22,23,24);. The number of aromatic nitrogens is 8. The van der Waals surface area contributed by atoms with Crippen molar-refractivity contribution < 1.29 is 20.4 Å². The molecule has 0 aliphatic carbocycles. The first kappa shape index (κ1) is 14.4. The van der Waals surface area contributed by atoms with E-state index in [0.717, 1.165) is 3.87 Å². The van der Waals surface area contributed by atoms with Gasteiger partial charge in [-0.2, -0.15) is 0 Å². The van der Waals surface area contributed by atoms with E-state index in [1.165, 1.54) is 0 Å². The monoisotopic (exact) mass is 361 g/mol. The molecule has 2 aliphatic heterocycles. The van der Waals surface area contributed by atoms with E-state index in [4.69, 9.17) is 0 Å². The van der Waals surface area contributed by atoms with Crippen LogP contribution in [0, 0.1) is 0 Å². The van der Waals surface area contributed by atoms with Crippen molar-refractivity contribution >= 4 is 50.8 Å². The first-order chi connectivity index (χ1) is 12.2. The van der Waals surface area contributed by atoms with Crippen molar-refractivity contribution in [3.63, 3.8) is 0 Å². The van der Waals surface area contributed by atoms with Gasteiger partial charge in [-0.25, -0.2) is 0 Å². The molecule has 8 bridgehead atoms. The zero-order chi connectivity index (χ0) is 16.8. The summed E-state index contributed by atoms with van der Waals surface area (Å²) < 4.78 is 0.981. The Labute approximate surface area is 152 Å². The third-order valence-electron chi connectivity index (χ3n) is 3.59. The van der Waals surface area contributed by atoms with Crippen molar-refractivity contribution in [2.24, 2.45) is 0 Å². The molecule has 0 atom stereocenters. The first-order valence-electron chi connectivity index (χ1n) is 7.49. The van der Waals surface area contributed by atoms with E-state index in [1.54, 1.807) is 0 Å². The number of rotatable bonds is 0. The zero-order valence-corrected chi connectivity index (χ0v) is 14.3. The Morgan fingerprint density at radius 2 is 1.12 bits per heavy atom. The molecule has 8 nitrogen and oxygen atoms in total. The molecule has 0 amide bonds. The van der Waals surface area contributed by atoms with Gasteiger partial charge in [0.1, 0.15) is 0 Å². The van der Waals surface area contributed by atoms with Crippen LogP contribution in [0.3, 0.4) is 0 Å². The molecule has 0 saturated carbocycles. The fourth-order valence-corrected chi connectivity index (χ4v) is 2.90. The fraction of sp³-hybridized carbons (Fsp3) is 0. The van der Waals surface area contributed by atoms with E-state index in [0.29, 0.717) is 45.9 Å². The van der Waals surface area contributed by atoms with Gasteiger partial charge in [0.05, 0.1) is 0 Å². The van der Waals surface area contributed by atoms with Gasteiger partial charge in [-0.15, -0.1) is 0 Å². The second kappa shape index (κ2) is 5.54. The molecular formula is C16H9N8Ti. The van der Waals surface area contributed by atoms with Crippen LogP contribution in [-0.4, -0.2) is 39.9 Å². The fourth-order valence-electron chi connectivity index (χ4n) is 2.50. The molecule has 2 N–H and O–H groups in total. The molecule has 25 heavy (non-hydrogen) atoms. The van der Waals surface area contributed by atoms with Crippen molar-refractivity contribution in [3.8, 4) is 0 Å². The van der Waals surface area contributed by atoms with Crippen molar-refractivity contribution in [3.05, 3.63) is 41.5 Å². The number of hydrogen-bond donors (Lipinski definition) is 2. The minimum atomic E-state index is 0.584. The van der Waals surface area contributed by atoms with Crippen molar-refractivity contribution in [1.82, 2.24) is 39.9 Å². The van der Waals surface area contributed by atoms with E-state index in [1.807, 2.05) is 62.9 Å². The molecule has 0 unspecified atom stereocenters. The second-order valence-corrected chi connectivity index (χ2v) is 6.26. The Morgan fingerprint density at radius 3 is 1.72 bits per heavy atom. The maximum absolute atomic E-state index is 4.53. The van der Waals surface area contributed by atoms with Gasteiger partial charge in [0, 0.05) is 0 Å². The number of aromatic amines is 2. The molecule has 0 spiro atoms. The van der Waals surface area contributed by atoms with Crippen LogP contribution >= 0.6 is 0 Å². The minimum absolute atomic E-state index is 0.584. The summed E-state index contributed by atoms with van der Waals surface area (Å²) in [6.07, 6.45) is 7.29. The maximum atomic E-state index is 4.53. The van der Waals surface area contributed by atoms with Crippen molar-refractivity contribution in [2.45, 2.75) is 0 Å². The van der Waals surface area contributed by atoms with E-state index in [2.05, 4.69) is 39.9 Å². The van der Waals surface area contributed by atoms with Gasteiger partial charge in [0.25, 0.3) is 0 Å². The average Bonchev–Trinajstić information content (AvgIpc) is 3.33. The molecule has 5 heterocycles. The molecule has 9 heteroatoms. The SMILES string of the molecule is [Ti][c]1cc2nc3nc(nc4ccc(nc5nc(nc1[nH]2)C=C5)[nH]4)C=C3. The van der Waals surface area contributed by atoms with Gasteiger partial charge < -0.3 is 0 Å². The third kappa shape index (κ3) is 2.81. The Hall–Kier alpha value is -2.97. The molecule has 2 aliphatic rings. The molecule has 0 radical (unpaired) electrons. The van der Waals surface area contributed by atoms with Crippen LogP contribution in [0.5, 0.6) is 0 Å². The topological polar surface area (TPSA) is 109 Å². The second-order valence-electron chi connectivity index (χ2n) is 5.42. The van der Waals surface area contributed by atoms with Gasteiger partial charge in [0.15, 0.2) is 0 Å². The first-order valence-corrected chi connectivity index (χ1v) is 8.27. The molecule has 0 fully saturated rings. The van der Waals surface area contributed by atoms with Crippen LogP contribution < -0.4 is 3.87 Å². The van der Waals surface area contributed by atoms with Crippen molar-refractivity contribution in [2.75, 3.05) is 0 Å². The van der Waals surface area contributed by atoms with E-state index >= 15 is 0 Å². The predicted octanol–water partition coefficient (Wildman–Crippen LogP) is 1.41. The van der Waals surface area contributed by atoms with Crippen LogP contribution in [0.2, 0.25) is 0 Å². The van der Waals surface area contributed by atoms with Crippen LogP contribution in [0.1, 0.15) is 23.3 Å². The van der Waals surface area contributed by atoms with Gasteiger partial charge in [-0.05, 0) is 0 Å². The van der Waals surface area contributed by atoms with Gasteiger partial charge in [0.2, 0.25) is 0 Å². The quantitative estimate of drug-likeness (QED) is 0.404. The van der Waals surface area contributed by atoms with Crippen LogP contribution in [0.15, 0.2) is 18.2 Å². The Balaban J connectivity index is 1.87. The van der Waals surface area contributed by atoms with Gasteiger partial charge in [-0.3, -0.25) is 0 Å². The third-order valence-corrected chi connectivity index (χ3v) is 4.19. The molecule has 0 aromatic carbocycles. The number of fused-ring (bicyclic) bond motifs is 8. The summed E-state index contributed by atoms with van der Waals surface area (Å²) in [6.45, 7) is 0. The Kier molecular flexibility index (Phi) is 3.19. The normalized spacial score (nSPS) is 12.6.